The van der Waals surface area contributed by atoms with Gasteiger partial charge in [0.05, 0.1) is 23.6 Å². The highest BCUT2D eigenvalue weighted by Gasteiger charge is 2.31. The molecule has 1 atom stereocenters. The fourth-order valence-electron chi connectivity index (χ4n) is 2.43. The van der Waals surface area contributed by atoms with E-state index in [0.717, 1.165) is 11.6 Å². The SMILES string of the molecule is FC(F)(F)c1ccc2c(c1)CC(c1ccccc1)NC=N2. The Hall–Kier alpha value is -2.30. The van der Waals surface area contributed by atoms with E-state index in [1.807, 2.05) is 30.3 Å². The van der Waals surface area contributed by atoms with Crippen LogP contribution in [0.3, 0.4) is 0 Å². The lowest BCUT2D eigenvalue weighted by Crippen LogP contribution is -2.20. The van der Waals surface area contributed by atoms with Crippen molar-refractivity contribution < 1.29 is 13.2 Å². The zero-order valence-electron chi connectivity index (χ0n) is 11.1. The van der Waals surface area contributed by atoms with Crippen molar-refractivity contribution >= 4 is 12.0 Å². The van der Waals surface area contributed by atoms with E-state index in [-0.39, 0.29) is 6.04 Å². The summed E-state index contributed by atoms with van der Waals surface area (Å²) in [6.45, 7) is 0. The highest BCUT2D eigenvalue weighted by atomic mass is 19.4. The molecule has 1 aliphatic heterocycles. The molecule has 0 saturated heterocycles. The second-order valence-electron chi connectivity index (χ2n) is 4.93. The molecule has 0 amide bonds. The molecule has 1 aliphatic rings. The van der Waals surface area contributed by atoms with Crippen molar-refractivity contribution in [2.24, 2.45) is 4.99 Å². The molecule has 1 N–H and O–H groups in total. The molecular weight excluding hydrogens is 277 g/mol. The summed E-state index contributed by atoms with van der Waals surface area (Å²) in [6, 6.07) is 13.2. The fraction of sp³-hybridized carbons (Fsp3) is 0.188. The number of rotatable bonds is 1. The van der Waals surface area contributed by atoms with Crippen LogP contribution in [0, 0.1) is 0 Å². The van der Waals surface area contributed by atoms with Crippen LogP contribution in [0.5, 0.6) is 0 Å². The Balaban J connectivity index is 1.97. The highest BCUT2D eigenvalue weighted by Crippen LogP contribution is 2.35. The van der Waals surface area contributed by atoms with Crippen LogP contribution >= 0.6 is 0 Å². The predicted molar refractivity (Wildman–Crippen MR) is 75.6 cm³/mol. The smallest absolute Gasteiger partial charge is 0.369 e. The summed E-state index contributed by atoms with van der Waals surface area (Å²) in [5.74, 6) is 0. The van der Waals surface area contributed by atoms with Gasteiger partial charge in [0.2, 0.25) is 0 Å². The first-order chi connectivity index (χ1) is 10.0. The van der Waals surface area contributed by atoms with E-state index in [9.17, 15) is 13.2 Å². The monoisotopic (exact) mass is 290 g/mol. The van der Waals surface area contributed by atoms with E-state index >= 15 is 0 Å². The maximum absolute atomic E-state index is 12.8. The minimum absolute atomic E-state index is 0.0836. The summed E-state index contributed by atoms with van der Waals surface area (Å²) in [5.41, 5.74) is 1.56. The van der Waals surface area contributed by atoms with Crippen LogP contribution in [0.1, 0.15) is 22.7 Å². The standard InChI is InChI=1S/C16H13F3N2/c17-16(18,19)13-6-7-14-12(8-13)9-15(21-10-20-14)11-4-2-1-3-5-11/h1-8,10,15H,9H2,(H,20,21). The Bertz CT molecular complexity index is 663. The molecule has 0 saturated carbocycles. The van der Waals surface area contributed by atoms with Gasteiger partial charge in [-0.3, -0.25) is 0 Å². The number of benzene rings is 2. The van der Waals surface area contributed by atoms with E-state index in [4.69, 9.17) is 0 Å². The zero-order chi connectivity index (χ0) is 14.9. The highest BCUT2D eigenvalue weighted by molar-refractivity contribution is 5.66. The van der Waals surface area contributed by atoms with Gasteiger partial charge < -0.3 is 5.32 Å². The van der Waals surface area contributed by atoms with Gasteiger partial charge >= 0.3 is 6.18 Å². The van der Waals surface area contributed by atoms with Crippen LogP contribution in [0.4, 0.5) is 18.9 Å². The van der Waals surface area contributed by atoms with Crippen molar-refractivity contribution in [1.29, 1.82) is 0 Å². The maximum Gasteiger partial charge on any atom is 0.416 e. The van der Waals surface area contributed by atoms with Crippen LogP contribution in [0.25, 0.3) is 0 Å². The third-order valence-electron chi connectivity index (χ3n) is 3.51. The number of hydrogen-bond acceptors (Lipinski definition) is 2. The van der Waals surface area contributed by atoms with Gasteiger partial charge in [0.15, 0.2) is 0 Å². The zero-order valence-corrected chi connectivity index (χ0v) is 11.1. The van der Waals surface area contributed by atoms with Gasteiger partial charge in [-0.15, -0.1) is 0 Å². The fourth-order valence-corrected chi connectivity index (χ4v) is 2.43. The summed E-state index contributed by atoms with van der Waals surface area (Å²) >= 11 is 0. The number of halogens is 3. The topological polar surface area (TPSA) is 24.4 Å². The van der Waals surface area contributed by atoms with Gasteiger partial charge in [0.1, 0.15) is 0 Å². The van der Waals surface area contributed by atoms with Crippen LogP contribution in [0.15, 0.2) is 53.5 Å². The van der Waals surface area contributed by atoms with Crippen molar-refractivity contribution in [2.45, 2.75) is 18.6 Å². The van der Waals surface area contributed by atoms with Gasteiger partial charge in [0.25, 0.3) is 0 Å². The number of aliphatic imine (C=N–C) groups is 1. The van der Waals surface area contributed by atoms with Crippen LogP contribution < -0.4 is 5.32 Å². The molecule has 0 radical (unpaired) electrons. The summed E-state index contributed by atoms with van der Waals surface area (Å²) in [5, 5.41) is 3.13. The minimum Gasteiger partial charge on any atom is -0.369 e. The molecular formula is C16H13F3N2. The van der Waals surface area contributed by atoms with E-state index in [2.05, 4.69) is 10.3 Å². The number of alkyl halides is 3. The number of nitrogens with zero attached hydrogens (tertiary/aromatic N) is 1. The van der Waals surface area contributed by atoms with E-state index in [1.165, 1.54) is 12.1 Å². The second kappa shape index (κ2) is 5.24. The van der Waals surface area contributed by atoms with E-state index in [0.29, 0.717) is 17.7 Å². The Kier molecular flexibility index (Phi) is 3.41. The van der Waals surface area contributed by atoms with E-state index < -0.39 is 11.7 Å². The number of fused-ring (bicyclic) bond motifs is 1. The lowest BCUT2D eigenvalue weighted by Gasteiger charge is -2.17. The Morgan fingerprint density at radius 1 is 1.05 bits per heavy atom. The number of hydrogen-bond donors (Lipinski definition) is 1. The largest absolute Gasteiger partial charge is 0.416 e. The molecule has 0 spiro atoms. The average Bonchev–Trinajstić information content (AvgIpc) is 2.68. The molecule has 3 rings (SSSR count). The Morgan fingerprint density at radius 2 is 1.81 bits per heavy atom. The van der Waals surface area contributed by atoms with Gasteiger partial charge in [-0.05, 0) is 35.7 Å². The molecule has 2 nitrogen and oxygen atoms in total. The third-order valence-corrected chi connectivity index (χ3v) is 3.51. The molecule has 0 aliphatic carbocycles. The first-order valence-corrected chi connectivity index (χ1v) is 6.58. The molecule has 5 heteroatoms. The molecule has 1 heterocycles. The van der Waals surface area contributed by atoms with Crippen LogP contribution in [-0.2, 0) is 12.6 Å². The third kappa shape index (κ3) is 2.91. The van der Waals surface area contributed by atoms with Gasteiger partial charge in [-0.1, -0.05) is 30.3 Å². The first kappa shape index (κ1) is 13.7. The molecule has 0 fully saturated rings. The van der Waals surface area contributed by atoms with Crippen molar-refractivity contribution in [1.82, 2.24) is 5.32 Å². The molecule has 1 unspecified atom stereocenters. The predicted octanol–water partition coefficient (Wildman–Crippen LogP) is 4.25. The van der Waals surface area contributed by atoms with Crippen molar-refractivity contribution in [3.8, 4) is 0 Å². The summed E-state index contributed by atoms with van der Waals surface area (Å²) < 4.78 is 38.5. The molecule has 21 heavy (non-hydrogen) atoms. The number of nitrogens with one attached hydrogen (secondary N) is 1. The first-order valence-electron chi connectivity index (χ1n) is 6.58. The normalized spacial score (nSPS) is 17.8. The van der Waals surface area contributed by atoms with Crippen molar-refractivity contribution in [3.63, 3.8) is 0 Å². The molecule has 0 bridgehead atoms. The molecule has 2 aromatic rings. The van der Waals surface area contributed by atoms with Gasteiger partial charge in [0, 0.05) is 0 Å². The molecule has 108 valence electrons. The Labute approximate surface area is 120 Å². The van der Waals surface area contributed by atoms with Gasteiger partial charge in [-0.2, -0.15) is 13.2 Å². The minimum atomic E-state index is -4.33. The van der Waals surface area contributed by atoms with Gasteiger partial charge in [-0.25, -0.2) is 4.99 Å². The maximum atomic E-state index is 12.8. The lowest BCUT2D eigenvalue weighted by molar-refractivity contribution is -0.137. The average molecular weight is 290 g/mol. The molecule has 0 aromatic heterocycles. The summed E-state index contributed by atoms with van der Waals surface area (Å²) in [7, 11) is 0. The van der Waals surface area contributed by atoms with E-state index in [1.54, 1.807) is 6.34 Å². The quantitative estimate of drug-likeness (QED) is 0.834. The lowest BCUT2D eigenvalue weighted by atomic mass is 9.97. The second-order valence-corrected chi connectivity index (χ2v) is 4.93. The van der Waals surface area contributed by atoms with Crippen molar-refractivity contribution in [2.75, 3.05) is 0 Å². The van der Waals surface area contributed by atoms with Crippen LogP contribution in [-0.4, -0.2) is 6.34 Å². The summed E-state index contributed by atoms with van der Waals surface area (Å²) in [6.07, 6.45) is -2.32. The Morgan fingerprint density at radius 3 is 2.52 bits per heavy atom. The summed E-state index contributed by atoms with van der Waals surface area (Å²) in [4.78, 5) is 4.18. The molecule has 2 aromatic carbocycles. The van der Waals surface area contributed by atoms with Crippen molar-refractivity contribution in [3.05, 3.63) is 65.2 Å². The van der Waals surface area contributed by atoms with Crippen LogP contribution in [0.2, 0.25) is 0 Å².